The largest absolute Gasteiger partial charge is 0.375 e. The Morgan fingerprint density at radius 3 is 2.50 bits per heavy atom. The molecule has 8 nitrogen and oxygen atoms in total. The van der Waals surface area contributed by atoms with Gasteiger partial charge in [0.15, 0.2) is 11.5 Å². The first kappa shape index (κ1) is 24.5. The first-order chi connectivity index (χ1) is 16.2. The van der Waals surface area contributed by atoms with Gasteiger partial charge in [-0.2, -0.15) is 0 Å². The zero-order valence-electron chi connectivity index (χ0n) is 21.4. The van der Waals surface area contributed by atoms with Gasteiger partial charge in [-0.1, -0.05) is 30.0 Å². The topological polar surface area (TPSA) is 91.3 Å². The van der Waals surface area contributed by atoms with Crippen molar-refractivity contribution in [2.45, 2.75) is 104 Å². The minimum atomic E-state index is -0.413. The Labute approximate surface area is 201 Å². The van der Waals surface area contributed by atoms with Gasteiger partial charge in [0.25, 0.3) is 11.5 Å². The molecule has 0 aliphatic heterocycles. The Kier molecular flexibility index (Phi) is 7.17. The van der Waals surface area contributed by atoms with Crippen LogP contribution in [0.4, 0.5) is 5.69 Å². The predicted octanol–water partition coefficient (Wildman–Crippen LogP) is 5.30. The molecular weight excluding hydrogens is 432 g/mol. The number of amides is 1. The quantitative estimate of drug-likeness (QED) is 0.619. The predicted molar refractivity (Wildman–Crippen MR) is 132 cm³/mol. The van der Waals surface area contributed by atoms with Gasteiger partial charge >= 0.3 is 0 Å². The number of hydrogen-bond acceptors (Lipinski definition) is 5. The number of ether oxygens (including phenoxy) is 1. The summed E-state index contributed by atoms with van der Waals surface area (Å²) in [7, 11) is 1.88. The maximum absolute atomic E-state index is 13.2. The van der Waals surface area contributed by atoms with E-state index >= 15 is 0 Å². The van der Waals surface area contributed by atoms with Gasteiger partial charge < -0.3 is 14.6 Å². The van der Waals surface area contributed by atoms with Crippen molar-refractivity contribution in [2.75, 3.05) is 5.32 Å². The Balaban J connectivity index is 1.55. The highest BCUT2D eigenvalue weighted by atomic mass is 16.5. The highest BCUT2D eigenvalue weighted by Crippen LogP contribution is 2.36. The molecule has 1 unspecified atom stereocenters. The van der Waals surface area contributed by atoms with Crippen LogP contribution in [-0.4, -0.2) is 32.6 Å². The molecule has 2 aliphatic rings. The summed E-state index contributed by atoms with van der Waals surface area (Å²) in [6.45, 7) is 9.92. The molecule has 2 aromatic heterocycles. The van der Waals surface area contributed by atoms with Crippen molar-refractivity contribution >= 4 is 17.2 Å². The van der Waals surface area contributed by atoms with Crippen LogP contribution in [-0.2, 0) is 11.8 Å². The summed E-state index contributed by atoms with van der Waals surface area (Å²) in [5.41, 5.74) is 4.15. The third kappa shape index (κ3) is 4.65. The summed E-state index contributed by atoms with van der Waals surface area (Å²) in [6.07, 6.45) is 8.45. The molecule has 0 spiro atoms. The molecule has 0 radical (unpaired) electrons. The minimum Gasteiger partial charge on any atom is -0.375 e. The standard InChI is InChI=1S/C26H38N4O4/c1-15(2)33-20-12-13-21(16(3)14-20)24-17(4)22(28-34-24)25(31)27-23-18(5)29(6)30(26(23)32)19-10-8-7-9-11-19/h15,19-20H,7-14H2,1-6H3,(H,27,31). The van der Waals surface area contributed by atoms with E-state index in [9.17, 15) is 9.59 Å². The fourth-order valence-electron chi connectivity index (χ4n) is 5.50. The van der Waals surface area contributed by atoms with Crippen LogP contribution >= 0.6 is 0 Å². The molecule has 34 heavy (non-hydrogen) atoms. The van der Waals surface area contributed by atoms with Crippen LogP contribution in [0.25, 0.3) is 5.57 Å². The fourth-order valence-corrected chi connectivity index (χ4v) is 5.50. The molecule has 2 aliphatic carbocycles. The van der Waals surface area contributed by atoms with Gasteiger partial charge in [-0.05, 0) is 72.3 Å². The first-order valence-corrected chi connectivity index (χ1v) is 12.6. The summed E-state index contributed by atoms with van der Waals surface area (Å²) in [5.74, 6) is 0.249. The van der Waals surface area contributed by atoms with Crippen molar-refractivity contribution in [2.24, 2.45) is 7.05 Å². The van der Waals surface area contributed by atoms with Gasteiger partial charge in [0.1, 0.15) is 5.69 Å². The van der Waals surface area contributed by atoms with Gasteiger partial charge in [-0.3, -0.25) is 14.3 Å². The number of nitrogens with zero attached hydrogens (tertiary/aromatic N) is 3. The smallest absolute Gasteiger partial charge is 0.291 e. The molecule has 4 rings (SSSR count). The normalized spacial score (nSPS) is 19.8. The molecular formula is C26H38N4O4. The highest BCUT2D eigenvalue weighted by Gasteiger charge is 2.29. The SMILES string of the molecule is CC1=C(c2onc(C(=O)Nc3c(C)n(C)n(C4CCCCC4)c3=O)c2C)CCC(OC(C)C)C1. The van der Waals surface area contributed by atoms with Crippen LogP contribution in [0, 0.1) is 13.8 Å². The van der Waals surface area contributed by atoms with Gasteiger partial charge in [-0.15, -0.1) is 0 Å². The second-order valence-corrected chi connectivity index (χ2v) is 10.2. The summed E-state index contributed by atoms with van der Waals surface area (Å²) < 4.78 is 15.3. The lowest BCUT2D eigenvalue weighted by Crippen LogP contribution is -2.29. The maximum atomic E-state index is 13.2. The van der Waals surface area contributed by atoms with Crippen molar-refractivity contribution in [1.82, 2.24) is 14.5 Å². The molecule has 1 amide bonds. The molecule has 1 atom stereocenters. The molecule has 0 aromatic carbocycles. The lowest BCUT2D eigenvalue weighted by Gasteiger charge is -2.26. The van der Waals surface area contributed by atoms with Crippen molar-refractivity contribution in [3.05, 3.63) is 38.6 Å². The number of allylic oxidation sites excluding steroid dienone is 1. The third-order valence-electron chi connectivity index (χ3n) is 7.39. The van der Waals surface area contributed by atoms with E-state index in [1.54, 1.807) is 4.68 Å². The molecule has 2 aromatic rings. The Morgan fingerprint density at radius 2 is 1.85 bits per heavy atom. The monoisotopic (exact) mass is 470 g/mol. The van der Waals surface area contributed by atoms with E-state index in [0.29, 0.717) is 17.0 Å². The fraction of sp³-hybridized carbons (Fsp3) is 0.654. The van der Waals surface area contributed by atoms with Crippen LogP contribution < -0.4 is 10.9 Å². The zero-order chi connectivity index (χ0) is 24.6. The average Bonchev–Trinajstić information content (AvgIpc) is 3.27. The van der Waals surface area contributed by atoms with Crippen LogP contribution in [0.5, 0.6) is 0 Å². The molecule has 186 valence electrons. The number of rotatable bonds is 6. The molecule has 1 fully saturated rings. The Hall–Kier alpha value is -2.61. The summed E-state index contributed by atoms with van der Waals surface area (Å²) in [5, 5.41) is 6.94. The van der Waals surface area contributed by atoms with E-state index < -0.39 is 5.91 Å². The van der Waals surface area contributed by atoms with Crippen molar-refractivity contribution in [1.29, 1.82) is 0 Å². The number of carbonyl (C=O) groups is 1. The molecule has 1 N–H and O–H groups in total. The number of aromatic nitrogens is 3. The maximum Gasteiger partial charge on any atom is 0.291 e. The Morgan fingerprint density at radius 1 is 1.15 bits per heavy atom. The van der Waals surface area contributed by atoms with Crippen molar-refractivity contribution in [3.8, 4) is 0 Å². The zero-order valence-corrected chi connectivity index (χ0v) is 21.4. The molecule has 0 bridgehead atoms. The second kappa shape index (κ2) is 9.94. The van der Waals surface area contributed by atoms with Crippen molar-refractivity contribution < 1.29 is 14.1 Å². The first-order valence-electron chi connectivity index (χ1n) is 12.6. The molecule has 1 saturated carbocycles. The van der Waals surface area contributed by atoms with Gasteiger partial charge in [0.05, 0.1) is 23.9 Å². The van der Waals surface area contributed by atoms with Crippen LogP contribution in [0.2, 0.25) is 0 Å². The lowest BCUT2D eigenvalue weighted by molar-refractivity contribution is 0.00250. The molecule has 2 heterocycles. The summed E-state index contributed by atoms with van der Waals surface area (Å²) in [4.78, 5) is 26.4. The number of nitrogens with one attached hydrogen (secondary N) is 1. The van der Waals surface area contributed by atoms with Crippen LogP contribution in [0.1, 0.15) is 106 Å². The number of hydrogen-bond donors (Lipinski definition) is 1. The lowest BCUT2D eigenvalue weighted by atomic mass is 9.88. The summed E-state index contributed by atoms with van der Waals surface area (Å²) in [6, 6.07) is 0.181. The minimum absolute atomic E-state index is 0.149. The van der Waals surface area contributed by atoms with Crippen LogP contribution in [0.3, 0.4) is 0 Å². The number of anilines is 1. The van der Waals surface area contributed by atoms with Gasteiger partial charge in [-0.25, -0.2) is 4.68 Å². The second-order valence-electron chi connectivity index (χ2n) is 10.2. The average molecular weight is 471 g/mol. The Bertz CT molecular complexity index is 1140. The van der Waals surface area contributed by atoms with Gasteiger partial charge in [0, 0.05) is 12.6 Å². The van der Waals surface area contributed by atoms with Crippen molar-refractivity contribution in [3.63, 3.8) is 0 Å². The van der Waals surface area contributed by atoms with E-state index in [-0.39, 0.29) is 29.5 Å². The molecule has 8 heteroatoms. The highest BCUT2D eigenvalue weighted by molar-refractivity contribution is 6.04. The van der Waals surface area contributed by atoms with E-state index in [1.165, 1.54) is 12.0 Å². The number of carbonyl (C=O) groups excluding carboxylic acids is 1. The van der Waals surface area contributed by atoms with Crippen LogP contribution in [0.15, 0.2) is 14.9 Å². The van der Waals surface area contributed by atoms with E-state index in [4.69, 9.17) is 9.26 Å². The third-order valence-corrected chi connectivity index (χ3v) is 7.39. The van der Waals surface area contributed by atoms with Gasteiger partial charge in [0.2, 0.25) is 0 Å². The van der Waals surface area contributed by atoms with E-state index in [1.807, 2.05) is 25.6 Å². The van der Waals surface area contributed by atoms with E-state index in [2.05, 4.69) is 31.2 Å². The molecule has 0 saturated heterocycles. The van der Waals surface area contributed by atoms with E-state index in [0.717, 1.165) is 56.2 Å². The summed E-state index contributed by atoms with van der Waals surface area (Å²) >= 11 is 0.